The topological polar surface area (TPSA) is 395 Å². The van der Waals surface area contributed by atoms with Crippen molar-refractivity contribution in [2.45, 2.75) is 104 Å². The Hall–Kier alpha value is -10.1. The van der Waals surface area contributed by atoms with Crippen molar-refractivity contribution in [2.24, 2.45) is 5.92 Å². The molecule has 1 aliphatic rings. The molecule has 0 saturated heterocycles. The fourth-order valence-electron chi connectivity index (χ4n) is 8.82. The maximum absolute atomic E-state index is 13.9. The Bertz CT molecular complexity index is 3050. The zero-order chi connectivity index (χ0) is 74.3. The summed E-state index contributed by atoms with van der Waals surface area (Å²) in [7, 11) is 13.4. The number of benzene rings is 1. The molecule has 1 aromatic rings. The van der Waals surface area contributed by atoms with E-state index in [1.807, 2.05) is 0 Å². The molecule has 34 nitrogen and oxygen atoms in total. The maximum atomic E-state index is 13.9. The third-order valence-corrected chi connectivity index (χ3v) is 15.4. The number of nitrogens with zero attached hydrogens (tertiary/aromatic N) is 11. The molecule has 544 valence electrons. The van der Waals surface area contributed by atoms with Gasteiger partial charge in [0.1, 0.15) is 18.7 Å². The van der Waals surface area contributed by atoms with Gasteiger partial charge < -0.3 is 80.3 Å². The lowest BCUT2D eigenvalue weighted by Gasteiger charge is -2.27. The van der Waals surface area contributed by atoms with Crippen LogP contribution in [0.3, 0.4) is 0 Å². The van der Waals surface area contributed by atoms with E-state index >= 15 is 0 Å². The summed E-state index contributed by atoms with van der Waals surface area (Å²) in [5.74, 6) is -9.23. The fraction of sp³-hybridized carbons (Fsp3) is 0.609. The van der Waals surface area contributed by atoms with Crippen LogP contribution in [0.1, 0.15) is 85.1 Å². The first kappa shape index (κ1) is 84.0. The van der Waals surface area contributed by atoms with Crippen molar-refractivity contribution in [1.29, 1.82) is 0 Å². The Balaban J connectivity index is 1.88. The van der Waals surface area contributed by atoms with Gasteiger partial charge in [-0.25, -0.2) is 4.79 Å². The number of anilines is 1. The molecule has 0 spiro atoms. The number of ether oxygens (including phenoxy) is 1. The van der Waals surface area contributed by atoms with Gasteiger partial charge in [0.25, 0.3) is 11.8 Å². The number of nitrogens with one attached hydrogen (secondary N) is 5. The average molecular weight is 1380 g/mol. The standard InChI is InChI=1S/C64H100N16O18/c1-42(2)61(69-48(82)22-17-16-20-30-80-50(84)27-28-51(80)85)63(96)68-47(62(95)67-46-25-23-45(24-26-46)41-98-64(97)66-43(3)4)21-18-19-29-65-49(83)31-71(7)53(87)33-73(9)55(89)35-75(11)57(91)37-77(13)59(93)39-79(15)60(94)40-78(14)58(92)38-76(12)56(90)36-74(10)54(88)34-72(8)52(86)32-70(6)44(5)81/h23-28,42-43,47,61H,16-22,29-41H2,1-15H3,(H,65,83)(H,66,97)(H,67,95)(H,68,96)(H,69,82)/t47-,61-/m0/s1. The van der Waals surface area contributed by atoms with Crippen LogP contribution in [0.25, 0.3) is 0 Å². The van der Waals surface area contributed by atoms with Gasteiger partial charge in [-0.2, -0.15) is 0 Å². The van der Waals surface area contributed by atoms with E-state index in [0.717, 1.165) is 49.0 Å². The third kappa shape index (κ3) is 30.8. The van der Waals surface area contributed by atoms with Crippen LogP contribution in [0, 0.1) is 5.92 Å². The van der Waals surface area contributed by atoms with Gasteiger partial charge in [0.05, 0.1) is 65.4 Å². The van der Waals surface area contributed by atoms with E-state index in [1.165, 1.54) is 94.5 Å². The number of hydrogen-bond acceptors (Lipinski definition) is 18. The van der Waals surface area contributed by atoms with Crippen molar-refractivity contribution >= 4 is 106 Å². The Labute approximate surface area is 572 Å². The van der Waals surface area contributed by atoms with E-state index in [-0.39, 0.29) is 69.4 Å². The van der Waals surface area contributed by atoms with Crippen LogP contribution in [-0.2, 0) is 88.1 Å². The van der Waals surface area contributed by atoms with Crippen molar-refractivity contribution in [2.75, 3.05) is 154 Å². The first-order valence-corrected chi connectivity index (χ1v) is 31.9. The summed E-state index contributed by atoms with van der Waals surface area (Å²) in [5.41, 5.74) is 1.02. The van der Waals surface area contributed by atoms with E-state index < -0.39 is 153 Å². The summed E-state index contributed by atoms with van der Waals surface area (Å²) in [5, 5.41) is 13.7. The molecule has 17 amide bonds. The minimum Gasteiger partial charge on any atom is -0.445 e. The smallest absolute Gasteiger partial charge is 0.407 e. The van der Waals surface area contributed by atoms with Gasteiger partial charge in [0.2, 0.25) is 82.7 Å². The largest absolute Gasteiger partial charge is 0.445 e. The van der Waals surface area contributed by atoms with Gasteiger partial charge in [-0.3, -0.25) is 81.6 Å². The molecule has 0 bridgehead atoms. The van der Waals surface area contributed by atoms with Gasteiger partial charge in [-0.15, -0.1) is 0 Å². The Morgan fingerprint density at radius 3 is 1.20 bits per heavy atom. The molecule has 0 aromatic heterocycles. The predicted molar refractivity (Wildman–Crippen MR) is 355 cm³/mol. The SMILES string of the molecule is CC(=O)N(C)CC(=O)N(C)CC(=O)N(C)CC(=O)N(C)CC(=O)N(C)CC(=O)N(C)CC(=O)N(C)CC(=O)N(C)CC(=O)N(C)CC(=O)N(C)CC(=O)NCCCC[C@H](NC(=O)[C@@H](NC(=O)CCCCCN1C(=O)C=CC1=O)C(C)C)C(=O)Nc1ccc(COC(=O)NC(C)C)cc1. The highest BCUT2D eigenvalue weighted by molar-refractivity contribution is 6.13. The molecule has 0 radical (unpaired) electrons. The van der Waals surface area contributed by atoms with Gasteiger partial charge in [-0.1, -0.05) is 32.4 Å². The highest BCUT2D eigenvalue weighted by atomic mass is 16.5. The van der Waals surface area contributed by atoms with Crippen LogP contribution < -0.4 is 26.6 Å². The average Bonchev–Trinajstić information content (AvgIpc) is 0.978. The highest BCUT2D eigenvalue weighted by Crippen LogP contribution is 2.15. The number of unbranched alkanes of at least 4 members (excludes halogenated alkanes) is 3. The summed E-state index contributed by atoms with van der Waals surface area (Å²) in [6, 6.07) is 4.24. The molecule has 1 heterocycles. The van der Waals surface area contributed by atoms with E-state index in [2.05, 4.69) is 26.6 Å². The van der Waals surface area contributed by atoms with E-state index in [0.29, 0.717) is 43.4 Å². The van der Waals surface area contributed by atoms with Gasteiger partial charge >= 0.3 is 6.09 Å². The molecule has 5 N–H and O–H groups in total. The second kappa shape index (κ2) is 41.8. The lowest BCUT2D eigenvalue weighted by Crippen LogP contribution is -2.54. The zero-order valence-corrected chi connectivity index (χ0v) is 59.2. The number of imide groups is 1. The molecule has 2 rings (SSSR count). The van der Waals surface area contributed by atoms with Crippen molar-refractivity contribution < 1.29 is 86.2 Å². The van der Waals surface area contributed by atoms with Crippen molar-refractivity contribution in [3.05, 3.63) is 42.0 Å². The molecule has 1 aliphatic heterocycles. The molecule has 0 unspecified atom stereocenters. The number of carbonyl (C=O) groups excluding carboxylic acids is 17. The maximum Gasteiger partial charge on any atom is 0.407 e. The number of hydrogen-bond donors (Lipinski definition) is 5. The number of rotatable bonds is 40. The first-order valence-electron chi connectivity index (χ1n) is 31.9. The summed E-state index contributed by atoms with van der Waals surface area (Å²) in [6.45, 7) is 4.27. The highest BCUT2D eigenvalue weighted by Gasteiger charge is 2.31. The minimum absolute atomic E-state index is 0.0306. The summed E-state index contributed by atoms with van der Waals surface area (Å²) < 4.78 is 5.23. The summed E-state index contributed by atoms with van der Waals surface area (Å²) >= 11 is 0. The van der Waals surface area contributed by atoms with Crippen LogP contribution in [-0.4, -0.2) is 322 Å². The van der Waals surface area contributed by atoms with Gasteiger partial charge in [-0.05, 0) is 69.6 Å². The summed E-state index contributed by atoms with van der Waals surface area (Å²) in [6.07, 6.45) is 4.05. The van der Waals surface area contributed by atoms with Crippen LogP contribution in [0.15, 0.2) is 36.4 Å². The molecular weight excluding hydrogens is 1280 g/mol. The second-order valence-corrected chi connectivity index (χ2v) is 24.9. The van der Waals surface area contributed by atoms with Crippen LogP contribution in [0.5, 0.6) is 0 Å². The molecule has 1 aromatic carbocycles. The number of likely N-dealkylation sites (N-methyl/N-ethyl adjacent to an activating group) is 10. The lowest BCUT2D eigenvalue weighted by atomic mass is 10.0. The van der Waals surface area contributed by atoms with Crippen molar-refractivity contribution in [3.63, 3.8) is 0 Å². The number of amides is 17. The lowest BCUT2D eigenvalue weighted by molar-refractivity contribution is -0.146. The van der Waals surface area contributed by atoms with Gasteiger partial charge in [0, 0.05) is 121 Å². The van der Waals surface area contributed by atoms with E-state index in [4.69, 9.17) is 4.74 Å². The quantitative estimate of drug-likeness (QED) is 0.0329. The first-order chi connectivity index (χ1) is 45.8. The number of carbonyl (C=O) groups is 17. The van der Waals surface area contributed by atoms with Gasteiger partial charge in [0.15, 0.2) is 0 Å². The number of alkyl carbamates (subject to hydrolysis) is 1. The molecule has 0 saturated carbocycles. The Kier molecular flexibility index (Phi) is 35.9. The van der Waals surface area contributed by atoms with E-state index in [9.17, 15) is 81.5 Å². The predicted octanol–water partition coefficient (Wildman–Crippen LogP) is -2.74. The fourth-order valence-corrected chi connectivity index (χ4v) is 8.82. The monoisotopic (exact) mass is 1380 g/mol. The summed E-state index contributed by atoms with van der Waals surface area (Å²) in [4.78, 5) is 229. The second-order valence-electron chi connectivity index (χ2n) is 24.9. The molecule has 0 fully saturated rings. The van der Waals surface area contributed by atoms with Crippen molar-refractivity contribution in [1.82, 2.24) is 75.2 Å². The normalized spacial score (nSPS) is 12.1. The van der Waals surface area contributed by atoms with Crippen LogP contribution in [0.2, 0.25) is 0 Å². The Morgan fingerprint density at radius 2 is 0.827 bits per heavy atom. The third-order valence-electron chi connectivity index (χ3n) is 15.4. The zero-order valence-electron chi connectivity index (χ0n) is 59.2. The molecule has 2 atom stereocenters. The molecular formula is C64H100N16O18. The molecule has 98 heavy (non-hydrogen) atoms. The minimum atomic E-state index is -1.12. The van der Waals surface area contributed by atoms with Crippen LogP contribution >= 0.6 is 0 Å². The molecule has 34 heteroatoms. The molecule has 0 aliphatic carbocycles. The van der Waals surface area contributed by atoms with Crippen LogP contribution in [0.4, 0.5) is 10.5 Å². The van der Waals surface area contributed by atoms with E-state index in [1.54, 1.807) is 52.0 Å². The Morgan fingerprint density at radius 1 is 0.439 bits per heavy atom. The van der Waals surface area contributed by atoms with Crippen molar-refractivity contribution in [3.8, 4) is 0 Å².